The first-order valence-electron chi connectivity index (χ1n) is 5.51. The van der Waals surface area contributed by atoms with E-state index >= 15 is 0 Å². The number of aromatic nitrogens is 1. The van der Waals surface area contributed by atoms with Gasteiger partial charge in [-0.2, -0.15) is 5.11 Å². The molecule has 1 saturated carbocycles. The molecule has 86 valence electrons. The van der Waals surface area contributed by atoms with E-state index in [0.717, 1.165) is 11.3 Å². The van der Waals surface area contributed by atoms with Crippen LogP contribution >= 0.6 is 0 Å². The molecule has 0 amide bonds. The molecule has 16 heavy (non-hydrogen) atoms. The molecule has 0 spiro atoms. The highest BCUT2D eigenvalue weighted by atomic mass is 16.1. The van der Waals surface area contributed by atoms with Crippen molar-refractivity contribution in [2.24, 2.45) is 16.2 Å². The minimum absolute atomic E-state index is 0.0608. The standard InChI is InChI=1S/C11H16N4O/c1-7-5-10(8-3-2-4-8)14-11(16)9(7)6-13-15-12/h5,8H,2-4,6H2,1H3,(H2,12,13)(H,14,16). The number of nitrogens with zero attached hydrogens (tertiary/aromatic N) is 2. The van der Waals surface area contributed by atoms with Crippen LogP contribution in [0.2, 0.25) is 0 Å². The average molecular weight is 220 g/mol. The van der Waals surface area contributed by atoms with Crippen LogP contribution in [0, 0.1) is 6.92 Å². The number of nitrogens with one attached hydrogen (secondary N) is 1. The molecule has 0 atom stereocenters. The molecule has 2 rings (SSSR count). The molecule has 1 heterocycles. The Kier molecular flexibility index (Phi) is 3.03. The predicted molar refractivity (Wildman–Crippen MR) is 61.1 cm³/mol. The lowest BCUT2D eigenvalue weighted by atomic mass is 9.82. The molecular weight excluding hydrogens is 204 g/mol. The zero-order valence-electron chi connectivity index (χ0n) is 9.36. The van der Waals surface area contributed by atoms with E-state index in [4.69, 9.17) is 5.84 Å². The van der Waals surface area contributed by atoms with Crippen molar-refractivity contribution in [2.45, 2.75) is 38.6 Å². The highest BCUT2D eigenvalue weighted by Gasteiger charge is 2.21. The Morgan fingerprint density at radius 1 is 1.56 bits per heavy atom. The van der Waals surface area contributed by atoms with Gasteiger partial charge in [0, 0.05) is 11.3 Å². The molecule has 0 saturated heterocycles. The average Bonchev–Trinajstić information content (AvgIpc) is 2.14. The van der Waals surface area contributed by atoms with E-state index in [1.807, 2.05) is 13.0 Å². The molecule has 0 aromatic carbocycles. The van der Waals surface area contributed by atoms with E-state index in [9.17, 15) is 4.79 Å². The van der Waals surface area contributed by atoms with Crippen molar-refractivity contribution < 1.29 is 0 Å². The number of H-pyrrole nitrogens is 1. The molecule has 1 aliphatic rings. The highest BCUT2D eigenvalue weighted by Crippen LogP contribution is 2.35. The van der Waals surface area contributed by atoms with E-state index in [-0.39, 0.29) is 12.1 Å². The van der Waals surface area contributed by atoms with Gasteiger partial charge in [-0.3, -0.25) is 4.79 Å². The molecule has 0 aliphatic heterocycles. The maximum Gasteiger partial charge on any atom is 0.253 e. The van der Waals surface area contributed by atoms with Gasteiger partial charge in [-0.25, -0.2) is 0 Å². The van der Waals surface area contributed by atoms with Crippen LogP contribution in [-0.4, -0.2) is 4.98 Å². The van der Waals surface area contributed by atoms with Gasteiger partial charge < -0.3 is 10.8 Å². The number of hydrogen-bond acceptors (Lipinski definition) is 3. The molecule has 1 aromatic rings. The Morgan fingerprint density at radius 2 is 2.31 bits per heavy atom. The number of aromatic amines is 1. The van der Waals surface area contributed by atoms with Crippen LogP contribution in [0.3, 0.4) is 0 Å². The first-order valence-corrected chi connectivity index (χ1v) is 5.51. The number of aryl methyl sites for hydroxylation is 1. The Morgan fingerprint density at radius 3 is 2.81 bits per heavy atom. The summed E-state index contributed by atoms with van der Waals surface area (Å²) in [6.07, 6.45) is 3.61. The zero-order valence-corrected chi connectivity index (χ0v) is 9.36. The second-order valence-electron chi connectivity index (χ2n) is 4.26. The van der Waals surface area contributed by atoms with Crippen LogP contribution in [0.1, 0.15) is 42.0 Å². The molecule has 5 nitrogen and oxygen atoms in total. The lowest BCUT2D eigenvalue weighted by Crippen LogP contribution is -2.20. The van der Waals surface area contributed by atoms with Crippen LogP contribution in [0.25, 0.3) is 0 Å². The van der Waals surface area contributed by atoms with E-state index in [1.165, 1.54) is 19.3 Å². The fourth-order valence-corrected chi connectivity index (χ4v) is 1.99. The maximum absolute atomic E-state index is 11.8. The van der Waals surface area contributed by atoms with E-state index in [2.05, 4.69) is 15.3 Å². The minimum atomic E-state index is -0.0608. The third-order valence-corrected chi connectivity index (χ3v) is 3.24. The van der Waals surface area contributed by atoms with Crippen molar-refractivity contribution in [3.8, 4) is 0 Å². The van der Waals surface area contributed by atoms with Crippen molar-refractivity contribution in [2.75, 3.05) is 0 Å². The van der Waals surface area contributed by atoms with Crippen molar-refractivity contribution >= 4 is 0 Å². The van der Waals surface area contributed by atoms with Gasteiger partial charge in [0.2, 0.25) is 0 Å². The first kappa shape index (κ1) is 10.9. The molecule has 0 bridgehead atoms. The molecule has 3 N–H and O–H groups in total. The van der Waals surface area contributed by atoms with Gasteiger partial charge >= 0.3 is 0 Å². The highest BCUT2D eigenvalue weighted by molar-refractivity contribution is 5.27. The van der Waals surface area contributed by atoms with E-state index in [1.54, 1.807) is 0 Å². The van der Waals surface area contributed by atoms with Crippen molar-refractivity contribution in [3.63, 3.8) is 0 Å². The lowest BCUT2D eigenvalue weighted by Gasteiger charge is -2.25. The third kappa shape index (κ3) is 1.98. The van der Waals surface area contributed by atoms with Crippen molar-refractivity contribution in [3.05, 3.63) is 33.2 Å². The molecule has 0 unspecified atom stereocenters. The zero-order chi connectivity index (χ0) is 11.5. The minimum Gasteiger partial charge on any atom is -0.326 e. The summed E-state index contributed by atoms with van der Waals surface area (Å²) in [6.45, 7) is 2.18. The Labute approximate surface area is 93.8 Å². The van der Waals surface area contributed by atoms with Crippen molar-refractivity contribution in [1.82, 2.24) is 4.98 Å². The SMILES string of the molecule is Cc1cc(C2CCC2)[nH]c(=O)c1CN=NN. The van der Waals surface area contributed by atoms with Crippen LogP contribution in [0.4, 0.5) is 0 Å². The number of nitrogens with two attached hydrogens (primary N) is 1. The van der Waals surface area contributed by atoms with Crippen LogP contribution < -0.4 is 11.4 Å². The van der Waals surface area contributed by atoms with Gasteiger partial charge in [0.15, 0.2) is 0 Å². The number of hydrogen-bond donors (Lipinski definition) is 2. The third-order valence-electron chi connectivity index (χ3n) is 3.24. The monoisotopic (exact) mass is 220 g/mol. The van der Waals surface area contributed by atoms with Gasteiger partial charge in [-0.15, -0.1) is 0 Å². The molecule has 0 radical (unpaired) electrons. The van der Waals surface area contributed by atoms with Gasteiger partial charge in [0.25, 0.3) is 5.56 Å². The summed E-state index contributed by atoms with van der Waals surface area (Å²) in [7, 11) is 0. The van der Waals surface area contributed by atoms with Crippen molar-refractivity contribution in [1.29, 1.82) is 0 Å². The van der Waals surface area contributed by atoms with E-state index < -0.39 is 0 Å². The number of rotatable bonds is 3. The van der Waals surface area contributed by atoms with Gasteiger partial charge in [-0.05, 0) is 37.3 Å². The second kappa shape index (κ2) is 4.47. The fraction of sp³-hybridized carbons (Fsp3) is 0.545. The summed E-state index contributed by atoms with van der Waals surface area (Å²) in [5.41, 5.74) is 2.62. The predicted octanol–water partition coefficient (Wildman–Crippen LogP) is 1.78. The largest absolute Gasteiger partial charge is 0.326 e. The molecule has 1 fully saturated rings. The van der Waals surface area contributed by atoms with Gasteiger partial charge in [-0.1, -0.05) is 11.6 Å². The summed E-state index contributed by atoms with van der Waals surface area (Å²) >= 11 is 0. The fourth-order valence-electron chi connectivity index (χ4n) is 1.99. The molecule has 1 aromatic heterocycles. The normalized spacial score (nSPS) is 16.6. The topological polar surface area (TPSA) is 83.6 Å². The molecule has 5 heteroatoms. The quantitative estimate of drug-likeness (QED) is 0.462. The Balaban J connectivity index is 2.31. The first-order chi connectivity index (χ1) is 7.72. The van der Waals surface area contributed by atoms with Crippen LogP contribution in [0.15, 0.2) is 21.2 Å². The van der Waals surface area contributed by atoms with Gasteiger partial charge in [0.05, 0.1) is 6.54 Å². The second-order valence-corrected chi connectivity index (χ2v) is 4.26. The lowest BCUT2D eigenvalue weighted by molar-refractivity contribution is 0.410. The van der Waals surface area contributed by atoms with Gasteiger partial charge in [0.1, 0.15) is 0 Å². The summed E-state index contributed by atoms with van der Waals surface area (Å²) < 4.78 is 0. The summed E-state index contributed by atoms with van der Waals surface area (Å²) in [6, 6.07) is 2.05. The summed E-state index contributed by atoms with van der Waals surface area (Å²) in [5.74, 6) is 5.47. The Hall–Kier alpha value is -1.65. The molecular formula is C11H16N4O. The Bertz CT molecular complexity index is 460. The van der Waals surface area contributed by atoms with E-state index in [0.29, 0.717) is 11.5 Å². The summed E-state index contributed by atoms with van der Waals surface area (Å²) in [5, 5.41) is 6.83. The number of pyridine rings is 1. The maximum atomic E-state index is 11.8. The van der Waals surface area contributed by atoms with Crippen LogP contribution in [-0.2, 0) is 6.54 Å². The smallest absolute Gasteiger partial charge is 0.253 e. The summed E-state index contributed by atoms with van der Waals surface area (Å²) in [4.78, 5) is 14.7. The van der Waals surface area contributed by atoms with Crippen LogP contribution in [0.5, 0.6) is 0 Å². The molecule has 1 aliphatic carbocycles.